The number of benzene rings is 1. The fourth-order valence-corrected chi connectivity index (χ4v) is 1.55. The minimum atomic E-state index is -0.435. The molecule has 0 saturated heterocycles. The van der Waals surface area contributed by atoms with E-state index in [0.29, 0.717) is 31.5 Å². The molecule has 1 rings (SSSR count). The molecule has 0 aromatic heterocycles. The summed E-state index contributed by atoms with van der Waals surface area (Å²) in [7, 11) is 1.81. The van der Waals surface area contributed by atoms with E-state index in [9.17, 15) is 9.59 Å². The van der Waals surface area contributed by atoms with Crippen LogP contribution in [0.15, 0.2) is 24.3 Å². The predicted molar refractivity (Wildman–Crippen MR) is 77.5 cm³/mol. The van der Waals surface area contributed by atoms with Crippen LogP contribution in [0.25, 0.3) is 0 Å². The van der Waals surface area contributed by atoms with E-state index in [1.165, 1.54) is 0 Å². The van der Waals surface area contributed by atoms with Crippen LogP contribution in [0.2, 0.25) is 0 Å². The quantitative estimate of drug-likeness (QED) is 0.681. The van der Waals surface area contributed by atoms with E-state index in [1.54, 1.807) is 18.2 Å². The topological polar surface area (TPSA) is 84.2 Å². The highest BCUT2D eigenvalue weighted by Gasteiger charge is 2.02. The molecule has 5 nitrogen and oxygen atoms in total. The third-order valence-electron chi connectivity index (χ3n) is 2.55. The van der Waals surface area contributed by atoms with Crippen molar-refractivity contribution >= 4 is 24.2 Å². The van der Waals surface area contributed by atoms with E-state index in [-0.39, 0.29) is 18.3 Å². The molecule has 4 N–H and O–H groups in total. The van der Waals surface area contributed by atoms with Crippen molar-refractivity contribution < 1.29 is 9.59 Å². The van der Waals surface area contributed by atoms with E-state index in [1.807, 2.05) is 13.1 Å². The average Bonchev–Trinajstić information content (AvgIpc) is 2.36. The summed E-state index contributed by atoms with van der Waals surface area (Å²) in [5, 5.41) is 5.73. The van der Waals surface area contributed by atoms with Gasteiger partial charge >= 0.3 is 0 Å². The van der Waals surface area contributed by atoms with E-state index >= 15 is 0 Å². The molecule has 106 valence electrons. The van der Waals surface area contributed by atoms with Crippen LogP contribution < -0.4 is 16.4 Å². The first-order chi connectivity index (χ1) is 8.63. The van der Waals surface area contributed by atoms with E-state index in [0.717, 1.165) is 5.56 Å². The Morgan fingerprint density at radius 1 is 1.26 bits per heavy atom. The molecule has 0 radical (unpaired) electrons. The number of hydrogen-bond acceptors (Lipinski definition) is 3. The van der Waals surface area contributed by atoms with Crippen molar-refractivity contribution in [3.63, 3.8) is 0 Å². The molecular formula is C13H20ClN3O2. The summed E-state index contributed by atoms with van der Waals surface area (Å²) >= 11 is 0. The summed E-state index contributed by atoms with van der Waals surface area (Å²) in [6.45, 7) is 1.23. The minimum absolute atomic E-state index is 0. The molecule has 0 atom stereocenters. The van der Waals surface area contributed by atoms with Crippen LogP contribution >= 0.6 is 12.4 Å². The second kappa shape index (κ2) is 9.35. The van der Waals surface area contributed by atoms with Crippen LogP contribution in [0, 0.1) is 0 Å². The summed E-state index contributed by atoms with van der Waals surface area (Å²) in [5.74, 6) is -0.412. The smallest absolute Gasteiger partial charge is 0.248 e. The zero-order valence-corrected chi connectivity index (χ0v) is 11.8. The zero-order valence-electron chi connectivity index (χ0n) is 10.9. The maximum atomic E-state index is 11.3. The summed E-state index contributed by atoms with van der Waals surface area (Å²) in [6.07, 6.45) is 1.16. The third-order valence-corrected chi connectivity index (χ3v) is 2.55. The Kier molecular flexibility index (Phi) is 8.57. The van der Waals surface area contributed by atoms with Crippen molar-refractivity contribution in [2.45, 2.75) is 12.8 Å². The molecule has 0 unspecified atom stereocenters. The van der Waals surface area contributed by atoms with Gasteiger partial charge < -0.3 is 16.4 Å². The van der Waals surface area contributed by atoms with Gasteiger partial charge in [0.1, 0.15) is 0 Å². The van der Waals surface area contributed by atoms with Gasteiger partial charge in [0.05, 0.1) is 0 Å². The van der Waals surface area contributed by atoms with Gasteiger partial charge in [-0.15, -0.1) is 12.4 Å². The predicted octanol–water partition coefficient (Wildman–Crippen LogP) is 0.476. The Bertz CT molecular complexity index is 424. The van der Waals surface area contributed by atoms with Crippen molar-refractivity contribution in [3.8, 4) is 0 Å². The lowest BCUT2D eigenvalue weighted by atomic mass is 10.1. The van der Waals surface area contributed by atoms with Crippen LogP contribution in [0.3, 0.4) is 0 Å². The molecular weight excluding hydrogens is 266 g/mol. The molecule has 0 fully saturated rings. The lowest BCUT2D eigenvalue weighted by Crippen LogP contribution is -2.28. The van der Waals surface area contributed by atoms with Gasteiger partial charge in [0.2, 0.25) is 11.8 Å². The molecule has 2 amide bonds. The maximum absolute atomic E-state index is 11.3. The Balaban J connectivity index is 0.00000324. The van der Waals surface area contributed by atoms with Gasteiger partial charge in [0, 0.05) is 25.1 Å². The summed E-state index contributed by atoms with van der Waals surface area (Å²) in [4.78, 5) is 22.3. The SMILES string of the molecule is CNCCC(=O)NCCc1cccc(C(N)=O)c1.Cl. The Labute approximate surface area is 119 Å². The standard InChI is InChI=1S/C13H19N3O2.ClH/c1-15-7-6-12(17)16-8-5-10-3-2-4-11(9-10)13(14)18;/h2-4,9,15H,5-8H2,1H3,(H2,14,18)(H,16,17);1H. The Hall–Kier alpha value is -1.59. The lowest BCUT2D eigenvalue weighted by Gasteiger charge is -2.06. The van der Waals surface area contributed by atoms with Gasteiger partial charge in [-0.25, -0.2) is 0 Å². The monoisotopic (exact) mass is 285 g/mol. The fraction of sp³-hybridized carbons (Fsp3) is 0.385. The number of halogens is 1. The molecule has 1 aromatic carbocycles. The normalized spacial score (nSPS) is 9.53. The first-order valence-corrected chi connectivity index (χ1v) is 5.93. The van der Waals surface area contributed by atoms with Crippen molar-refractivity contribution in [3.05, 3.63) is 35.4 Å². The van der Waals surface area contributed by atoms with Gasteiger partial charge in [0.25, 0.3) is 0 Å². The maximum Gasteiger partial charge on any atom is 0.248 e. The number of carbonyl (C=O) groups is 2. The van der Waals surface area contributed by atoms with Gasteiger partial charge in [-0.05, 0) is 31.2 Å². The van der Waals surface area contributed by atoms with E-state index < -0.39 is 5.91 Å². The molecule has 6 heteroatoms. The second-order valence-corrected chi connectivity index (χ2v) is 4.02. The van der Waals surface area contributed by atoms with Gasteiger partial charge in [0.15, 0.2) is 0 Å². The number of nitrogens with two attached hydrogens (primary N) is 1. The van der Waals surface area contributed by atoms with E-state index in [4.69, 9.17) is 5.73 Å². The summed E-state index contributed by atoms with van der Waals surface area (Å²) in [5.41, 5.74) is 6.68. The highest BCUT2D eigenvalue weighted by molar-refractivity contribution is 5.92. The molecule has 0 spiro atoms. The molecule has 0 aliphatic rings. The molecule has 0 aliphatic heterocycles. The van der Waals surface area contributed by atoms with E-state index in [2.05, 4.69) is 10.6 Å². The summed E-state index contributed by atoms with van der Waals surface area (Å²) < 4.78 is 0. The van der Waals surface area contributed by atoms with Crippen LogP contribution in [0.1, 0.15) is 22.3 Å². The van der Waals surface area contributed by atoms with Crippen molar-refractivity contribution in [1.82, 2.24) is 10.6 Å². The minimum Gasteiger partial charge on any atom is -0.366 e. The van der Waals surface area contributed by atoms with Crippen molar-refractivity contribution in [2.75, 3.05) is 20.1 Å². The molecule has 0 bridgehead atoms. The number of primary amides is 1. The van der Waals surface area contributed by atoms with Crippen LogP contribution in [-0.2, 0) is 11.2 Å². The van der Waals surface area contributed by atoms with Crippen molar-refractivity contribution in [1.29, 1.82) is 0 Å². The molecule has 0 heterocycles. The highest BCUT2D eigenvalue weighted by atomic mass is 35.5. The molecule has 0 saturated carbocycles. The average molecular weight is 286 g/mol. The second-order valence-electron chi connectivity index (χ2n) is 4.02. The highest BCUT2D eigenvalue weighted by Crippen LogP contribution is 2.04. The third kappa shape index (κ3) is 6.79. The molecule has 0 aliphatic carbocycles. The number of nitrogens with one attached hydrogen (secondary N) is 2. The first kappa shape index (κ1) is 17.4. The number of rotatable bonds is 7. The van der Waals surface area contributed by atoms with Gasteiger partial charge in [-0.1, -0.05) is 12.1 Å². The Morgan fingerprint density at radius 2 is 2.00 bits per heavy atom. The lowest BCUT2D eigenvalue weighted by molar-refractivity contribution is -0.120. The molecule has 19 heavy (non-hydrogen) atoms. The first-order valence-electron chi connectivity index (χ1n) is 5.93. The number of amides is 2. The van der Waals surface area contributed by atoms with Gasteiger partial charge in [-0.2, -0.15) is 0 Å². The number of hydrogen-bond donors (Lipinski definition) is 3. The zero-order chi connectivity index (χ0) is 13.4. The summed E-state index contributed by atoms with van der Waals surface area (Å²) in [6, 6.07) is 7.13. The largest absolute Gasteiger partial charge is 0.366 e. The van der Waals surface area contributed by atoms with Crippen molar-refractivity contribution in [2.24, 2.45) is 5.73 Å². The van der Waals surface area contributed by atoms with Crippen LogP contribution in [0.5, 0.6) is 0 Å². The number of carbonyl (C=O) groups excluding carboxylic acids is 2. The fourth-order valence-electron chi connectivity index (χ4n) is 1.55. The molecule has 1 aromatic rings. The Morgan fingerprint density at radius 3 is 2.63 bits per heavy atom. The van der Waals surface area contributed by atoms with Crippen LogP contribution in [-0.4, -0.2) is 32.0 Å². The van der Waals surface area contributed by atoms with Crippen LogP contribution in [0.4, 0.5) is 0 Å². The van der Waals surface area contributed by atoms with Gasteiger partial charge in [-0.3, -0.25) is 9.59 Å².